The predicted molar refractivity (Wildman–Crippen MR) is 508 cm³/mol. The number of methoxy groups -OCH3 is 2. The molecule has 0 bridgehead atoms. The van der Waals surface area contributed by atoms with Crippen molar-refractivity contribution in [2.45, 2.75) is 227 Å². The Kier molecular flexibility index (Phi) is 53.3. The Morgan fingerprint density at radius 2 is 0.530 bits per heavy atom. The van der Waals surface area contributed by atoms with Gasteiger partial charge in [0.05, 0.1) is 0 Å². The van der Waals surface area contributed by atoms with Crippen LogP contribution in [0.4, 0.5) is 0 Å². The second-order valence-corrected chi connectivity index (χ2v) is 36.4. The van der Waals surface area contributed by atoms with Crippen molar-refractivity contribution in [2.24, 2.45) is 101 Å². The minimum Gasteiger partial charge on any atom is -0.384 e. The summed E-state index contributed by atoms with van der Waals surface area (Å²) in [4.78, 5) is 4.48. The summed E-state index contributed by atoms with van der Waals surface area (Å²) >= 11 is 0. The van der Waals surface area contributed by atoms with E-state index in [1.54, 1.807) is 39.9 Å². The van der Waals surface area contributed by atoms with Gasteiger partial charge in [-0.15, -0.1) is 0 Å². The van der Waals surface area contributed by atoms with Crippen molar-refractivity contribution in [3.63, 3.8) is 0 Å². The number of rotatable bonds is 36. The van der Waals surface area contributed by atoms with E-state index >= 15 is 0 Å². The number of ether oxygens (including phenoxy) is 4. The molecule has 0 spiro atoms. The number of pyridine rings is 1. The molecular weight excluding hydrogens is 1420 g/mol. The van der Waals surface area contributed by atoms with Gasteiger partial charge in [-0.3, -0.25) is 4.98 Å². The normalized spacial score (nSPS) is 13.9. The molecule has 2 aliphatic rings. The summed E-state index contributed by atoms with van der Waals surface area (Å²) in [6.07, 6.45) is 17.9. The van der Waals surface area contributed by atoms with Crippen LogP contribution in [0.2, 0.25) is 0 Å². The molecule has 1 aromatic heterocycles. The maximum atomic E-state index is 5.53. The molecule has 1 unspecified atom stereocenters. The minimum atomic E-state index is 0.391. The van der Waals surface area contributed by atoms with Crippen molar-refractivity contribution < 1.29 is 18.9 Å². The molecule has 2 fully saturated rings. The van der Waals surface area contributed by atoms with Gasteiger partial charge < -0.3 is 18.9 Å². The maximum absolute atomic E-state index is 5.53. The number of hydrogen-bond acceptors (Lipinski definition) is 5. The van der Waals surface area contributed by atoms with Crippen molar-refractivity contribution in [3.05, 3.63) is 317 Å². The lowest BCUT2D eigenvalue weighted by Crippen LogP contribution is -2.35. The van der Waals surface area contributed by atoms with Crippen molar-refractivity contribution >= 4 is 0 Å². The second-order valence-electron chi connectivity index (χ2n) is 36.4. The average molecular weight is 1590 g/mol. The lowest BCUT2D eigenvalue weighted by atomic mass is 9.61. The van der Waals surface area contributed by atoms with Crippen LogP contribution in [0.5, 0.6) is 0 Å². The van der Waals surface area contributed by atoms with Crippen LogP contribution in [0, 0.1) is 101 Å². The first-order valence-electron chi connectivity index (χ1n) is 45.8. The van der Waals surface area contributed by atoms with E-state index in [0.717, 1.165) is 112 Å². The first kappa shape index (κ1) is 102. The van der Waals surface area contributed by atoms with Crippen molar-refractivity contribution in [1.29, 1.82) is 0 Å². The van der Waals surface area contributed by atoms with Gasteiger partial charge in [0.1, 0.15) is 0 Å². The third-order valence-corrected chi connectivity index (χ3v) is 24.2. The molecule has 0 amide bonds. The molecule has 11 rings (SSSR count). The fourth-order valence-electron chi connectivity index (χ4n) is 16.4. The van der Waals surface area contributed by atoms with Crippen LogP contribution in [0.15, 0.2) is 267 Å². The van der Waals surface area contributed by atoms with Crippen LogP contribution < -0.4 is 0 Å². The highest BCUT2D eigenvalue weighted by Crippen LogP contribution is 2.47. The number of hydrogen-bond donors (Lipinski definition) is 0. The van der Waals surface area contributed by atoms with Crippen LogP contribution in [-0.4, -0.2) is 58.8 Å². The molecular formula is C112H165NO4. The zero-order valence-electron chi connectivity index (χ0n) is 77.7. The standard InChI is InChI=1S/C18H22.C15H17N.2C14H22O.2C13H20O.C13H20.C12H22/c1-15(2)18(13-16-9-5-3-6-10-16)14-17-11-7-4-8-12-17;1-12(2)15(13-8-4-3-5-9-13)14-10-6-7-11-16-14;2*1-4-15-11-14(12(2)3)10-13-8-6-5-7-9-13;2*1-11(2)13(10-14-3)9-12-7-5-4-6-8-12;1-10(2)13(11(3)4)12-8-6-5-7-9-12;1-9(2)12(10-5-3-6-10)11-7-4-8-11/h3-12,15,18H,13-14H2,1-2H3;3-12,15H,1-2H3;2*5-9,12,14H,4,10-11H2,1-3H3;2*4-8,11,13H,9-10H2,1-3H3;5-11,13H,1-4H3;9-12H,3-8H2,1-2H3/t;;2*14-;2*13-;;/m..1010../s1. The predicted octanol–water partition coefficient (Wildman–Crippen LogP) is 29.9. The van der Waals surface area contributed by atoms with Crippen molar-refractivity contribution in [2.75, 3.05) is 53.9 Å². The Morgan fingerprint density at radius 3 is 0.744 bits per heavy atom. The molecule has 1 heterocycles. The van der Waals surface area contributed by atoms with E-state index in [9.17, 15) is 0 Å². The highest BCUT2D eigenvalue weighted by molar-refractivity contribution is 5.29. The lowest BCUT2D eigenvalue weighted by molar-refractivity contribution is 0.0566. The fraction of sp³-hybridized carbons (Fsp3) is 0.527. The second kappa shape index (κ2) is 61.1. The van der Waals surface area contributed by atoms with E-state index in [-0.39, 0.29) is 0 Å². The highest BCUT2D eigenvalue weighted by Gasteiger charge is 2.37. The monoisotopic (exact) mass is 1590 g/mol. The molecule has 5 atom stereocenters. The Hall–Kier alpha value is -7.25. The van der Waals surface area contributed by atoms with E-state index in [2.05, 4.69) is 398 Å². The number of nitrogens with zero attached hydrogens (tertiary/aromatic N) is 1. The SMILES string of the molecule is CC(C)C(C1CCC1)C1CCC1.CC(C)C(Cc1ccccc1)Cc1ccccc1.CC(C)C(c1ccccc1)C(C)C.CC(C)C(c1ccccc1)c1ccccn1.CCOC[C@@H](Cc1ccccc1)C(C)C.CCOC[C@H](Cc1ccccc1)C(C)C.COC[C@@H](Cc1ccccc1)C(C)C.COC[C@H](Cc1ccccc1)C(C)C. The van der Waals surface area contributed by atoms with Gasteiger partial charge in [0.25, 0.3) is 0 Å². The minimum absolute atomic E-state index is 0.391. The summed E-state index contributed by atoms with van der Waals surface area (Å²) in [6, 6.07) is 91.8. The summed E-state index contributed by atoms with van der Waals surface area (Å²) in [5, 5.41) is 0. The van der Waals surface area contributed by atoms with E-state index < -0.39 is 0 Å². The maximum Gasteiger partial charge on any atom is 0.0499 e. The average Bonchev–Trinajstić information content (AvgIpc) is 0.824. The van der Waals surface area contributed by atoms with Crippen molar-refractivity contribution in [3.8, 4) is 0 Å². The third kappa shape index (κ3) is 42.5. The summed E-state index contributed by atoms with van der Waals surface area (Å²) in [5.41, 5.74) is 12.5. The van der Waals surface area contributed by atoms with E-state index in [4.69, 9.17) is 18.9 Å². The van der Waals surface area contributed by atoms with Gasteiger partial charge in [-0.25, -0.2) is 0 Å². The summed E-state index contributed by atoms with van der Waals surface area (Å²) < 4.78 is 21.5. The fourth-order valence-corrected chi connectivity index (χ4v) is 16.4. The molecule has 5 heteroatoms. The zero-order valence-corrected chi connectivity index (χ0v) is 77.7. The first-order chi connectivity index (χ1) is 56.4. The summed E-state index contributed by atoms with van der Waals surface area (Å²) in [7, 11) is 3.56. The molecule has 5 nitrogen and oxygen atoms in total. The molecule has 0 aliphatic heterocycles. The molecule has 117 heavy (non-hydrogen) atoms. The lowest BCUT2D eigenvalue weighted by Gasteiger charge is -2.45. The quantitative estimate of drug-likeness (QED) is 0.0392. The van der Waals surface area contributed by atoms with Crippen LogP contribution in [0.3, 0.4) is 0 Å². The highest BCUT2D eigenvalue weighted by atomic mass is 16.5. The number of aromatic nitrogens is 1. The first-order valence-corrected chi connectivity index (χ1v) is 45.8. The van der Waals surface area contributed by atoms with E-state index in [1.165, 1.54) is 70.2 Å². The Morgan fingerprint density at radius 1 is 0.274 bits per heavy atom. The summed E-state index contributed by atoms with van der Waals surface area (Å²) in [5.74, 6) is 14.0. The smallest absolute Gasteiger partial charge is 0.0499 e. The van der Waals surface area contributed by atoms with E-state index in [0.29, 0.717) is 71.0 Å². The zero-order chi connectivity index (χ0) is 85.5. The molecule has 0 N–H and O–H groups in total. The largest absolute Gasteiger partial charge is 0.384 e. The molecule has 2 saturated carbocycles. The third-order valence-electron chi connectivity index (χ3n) is 24.2. The number of benzene rings is 8. The summed E-state index contributed by atoms with van der Waals surface area (Å²) in [6.45, 7) is 50.5. The molecule has 0 radical (unpaired) electrons. The Labute approximate surface area is 718 Å². The Balaban J connectivity index is 0.000000282. The van der Waals surface area contributed by atoms with Crippen LogP contribution >= 0.6 is 0 Å². The van der Waals surface area contributed by atoms with E-state index in [1.807, 2.05) is 12.3 Å². The molecule has 9 aromatic rings. The van der Waals surface area contributed by atoms with Gasteiger partial charge in [-0.05, 0) is 216 Å². The van der Waals surface area contributed by atoms with Gasteiger partial charge in [0, 0.05) is 71.7 Å². The van der Waals surface area contributed by atoms with Crippen molar-refractivity contribution in [1.82, 2.24) is 4.98 Å². The Bertz CT molecular complexity index is 3470. The topological polar surface area (TPSA) is 49.8 Å². The molecule has 2 aliphatic carbocycles. The van der Waals surface area contributed by atoms with Gasteiger partial charge >= 0.3 is 0 Å². The van der Waals surface area contributed by atoms with Crippen LogP contribution in [0.25, 0.3) is 0 Å². The van der Waals surface area contributed by atoms with Gasteiger partial charge in [0.15, 0.2) is 0 Å². The van der Waals surface area contributed by atoms with Crippen LogP contribution in [0.1, 0.15) is 239 Å². The van der Waals surface area contributed by atoms with Crippen LogP contribution in [-0.2, 0) is 57.5 Å². The molecule has 642 valence electrons. The molecule has 8 aromatic carbocycles. The van der Waals surface area contributed by atoms with Gasteiger partial charge in [0.2, 0.25) is 0 Å². The van der Waals surface area contributed by atoms with Gasteiger partial charge in [-0.2, -0.15) is 0 Å². The molecule has 0 saturated heterocycles. The van der Waals surface area contributed by atoms with Gasteiger partial charge in [-0.1, -0.05) is 412 Å².